The van der Waals surface area contributed by atoms with Crippen LogP contribution in [0, 0.1) is 17.5 Å². The zero-order chi connectivity index (χ0) is 11.0. The number of nitrogens with two attached hydrogens (primary N) is 1. The van der Waals surface area contributed by atoms with E-state index in [1.807, 2.05) is 0 Å². The number of anilines is 1. The highest BCUT2D eigenvalue weighted by molar-refractivity contribution is 7.18. The Balaban J connectivity index is 2.59. The fraction of sp³-hybridized carbons (Fsp3) is 0. The van der Waals surface area contributed by atoms with Crippen molar-refractivity contribution in [1.82, 2.24) is 4.98 Å². The molecule has 0 unspecified atom stereocenters. The molecule has 0 amide bonds. The summed E-state index contributed by atoms with van der Waals surface area (Å²) in [6, 6.07) is 2.02. The molecule has 2 rings (SSSR count). The molecule has 0 saturated heterocycles. The topological polar surface area (TPSA) is 38.9 Å². The lowest BCUT2D eigenvalue weighted by atomic mass is 10.2. The van der Waals surface area contributed by atoms with Gasteiger partial charge in [0.1, 0.15) is 0 Å². The van der Waals surface area contributed by atoms with Crippen LogP contribution in [0.1, 0.15) is 0 Å². The highest BCUT2D eigenvalue weighted by atomic mass is 32.1. The first-order valence-electron chi connectivity index (χ1n) is 3.95. The molecule has 2 aromatic rings. The van der Waals surface area contributed by atoms with Crippen molar-refractivity contribution >= 4 is 16.5 Å². The highest BCUT2D eigenvalue weighted by Crippen LogP contribution is 2.30. The number of halogens is 3. The third-order valence-electron chi connectivity index (χ3n) is 1.82. The Morgan fingerprint density at radius 3 is 2.47 bits per heavy atom. The van der Waals surface area contributed by atoms with Gasteiger partial charge in [-0.1, -0.05) is 11.3 Å². The van der Waals surface area contributed by atoms with Gasteiger partial charge in [-0.15, -0.1) is 0 Å². The van der Waals surface area contributed by atoms with Gasteiger partial charge < -0.3 is 5.73 Å². The summed E-state index contributed by atoms with van der Waals surface area (Å²) in [5, 5.41) is 0.245. The van der Waals surface area contributed by atoms with Crippen molar-refractivity contribution in [2.24, 2.45) is 0 Å². The minimum absolute atomic E-state index is 0.0388. The average Bonchev–Trinajstić information content (AvgIpc) is 2.61. The predicted molar refractivity (Wildman–Crippen MR) is 51.8 cm³/mol. The van der Waals surface area contributed by atoms with E-state index in [1.54, 1.807) is 0 Å². The first kappa shape index (κ1) is 9.97. The number of aromatic nitrogens is 1. The monoisotopic (exact) mass is 230 g/mol. The van der Waals surface area contributed by atoms with Gasteiger partial charge in [0.15, 0.2) is 22.6 Å². The van der Waals surface area contributed by atoms with Gasteiger partial charge in [-0.25, -0.2) is 18.2 Å². The van der Waals surface area contributed by atoms with Gasteiger partial charge in [-0.05, 0) is 12.1 Å². The quantitative estimate of drug-likeness (QED) is 0.765. The lowest BCUT2D eigenvalue weighted by molar-refractivity contribution is 0.449. The Morgan fingerprint density at radius 1 is 1.13 bits per heavy atom. The van der Waals surface area contributed by atoms with E-state index in [2.05, 4.69) is 4.98 Å². The Labute approximate surface area is 87.2 Å². The molecule has 1 aromatic carbocycles. The molecule has 0 aliphatic rings. The second kappa shape index (κ2) is 3.54. The molecular formula is C9H5F3N2S. The molecule has 2 nitrogen and oxygen atoms in total. The molecule has 0 fully saturated rings. The van der Waals surface area contributed by atoms with E-state index in [4.69, 9.17) is 5.73 Å². The van der Waals surface area contributed by atoms with E-state index in [-0.39, 0.29) is 10.7 Å². The molecule has 6 heteroatoms. The molecule has 0 spiro atoms. The normalized spacial score (nSPS) is 10.6. The number of nitrogen functional groups attached to an aromatic ring is 1. The van der Waals surface area contributed by atoms with Gasteiger partial charge in [0.25, 0.3) is 0 Å². The van der Waals surface area contributed by atoms with Crippen molar-refractivity contribution in [2.75, 3.05) is 5.73 Å². The summed E-state index contributed by atoms with van der Waals surface area (Å²) in [7, 11) is 0. The van der Waals surface area contributed by atoms with Crippen LogP contribution in [-0.4, -0.2) is 4.98 Å². The maximum absolute atomic E-state index is 13.3. The zero-order valence-corrected chi connectivity index (χ0v) is 8.12. The largest absolute Gasteiger partial charge is 0.375 e. The summed E-state index contributed by atoms with van der Waals surface area (Å²) in [5.74, 6) is -3.92. The Morgan fingerprint density at radius 2 is 1.87 bits per heavy atom. The summed E-state index contributed by atoms with van der Waals surface area (Å²) in [4.78, 5) is 4.06. The second-order valence-corrected chi connectivity index (χ2v) is 3.85. The lowest BCUT2D eigenvalue weighted by Gasteiger charge is -2.00. The molecule has 0 aliphatic carbocycles. The van der Waals surface area contributed by atoms with E-state index in [1.165, 1.54) is 6.20 Å². The molecule has 0 atom stereocenters. The van der Waals surface area contributed by atoms with Crippen molar-refractivity contribution in [3.05, 3.63) is 35.8 Å². The fourth-order valence-corrected chi connectivity index (χ4v) is 1.83. The molecule has 0 saturated carbocycles. The van der Waals surface area contributed by atoms with Crippen LogP contribution in [0.25, 0.3) is 10.4 Å². The molecule has 1 heterocycles. The standard InChI is InChI=1S/C9H5F3N2S/c10-5-2-1-4(7(11)8(5)12)6-3-14-9(13)15-6/h1-3H,(H2,13,14). The van der Waals surface area contributed by atoms with E-state index in [0.29, 0.717) is 4.88 Å². The van der Waals surface area contributed by atoms with Crippen molar-refractivity contribution in [3.63, 3.8) is 0 Å². The first-order chi connectivity index (χ1) is 7.09. The van der Waals surface area contributed by atoms with Gasteiger partial charge in [-0.3, -0.25) is 0 Å². The van der Waals surface area contributed by atoms with Gasteiger partial charge in [0.05, 0.1) is 4.88 Å². The summed E-state index contributed by atoms with van der Waals surface area (Å²) >= 11 is 1.01. The molecule has 0 radical (unpaired) electrons. The van der Waals surface area contributed by atoms with Gasteiger partial charge in [0.2, 0.25) is 0 Å². The Hall–Kier alpha value is -1.56. The third kappa shape index (κ3) is 1.68. The fourth-order valence-electron chi connectivity index (χ4n) is 1.13. The molecule has 0 bridgehead atoms. The number of hydrogen-bond donors (Lipinski definition) is 1. The zero-order valence-electron chi connectivity index (χ0n) is 7.30. The number of thiazole rings is 1. The first-order valence-corrected chi connectivity index (χ1v) is 4.76. The SMILES string of the molecule is Nc1ncc(-c2ccc(F)c(F)c2F)s1. The average molecular weight is 230 g/mol. The maximum atomic E-state index is 13.3. The van der Waals surface area contributed by atoms with Crippen LogP contribution in [0.2, 0.25) is 0 Å². The Bertz CT molecular complexity index is 510. The van der Waals surface area contributed by atoms with Crippen LogP contribution in [0.3, 0.4) is 0 Å². The number of nitrogens with zero attached hydrogens (tertiary/aromatic N) is 1. The summed E-state index contributed by atoms with van der Waals surface area (Å²) < 4.78 is 38.8. The van der Waals surface area contributed by atoms with Crippen LogP contribution < -0.4 is 5.73 Å². The molecular weight excluding hydrogens is 225 g/mol. The molecule has 0 aliphatic heterocycles. The van der Waals surface area contributed by atoms with Crippen LogP contribution in [0.15, 0.2) is 18.3 Å². The molecule has 1 aromatic heterocycles. The minimum Gasteiger partial charge on any atom is -0.375 e. The summed E-state index contributed by atoms with van der Waals surface area (Å²) in [6.07, 6.45) is 1.32. The van der Waals surface area contributed by atoms with E-state index in [9.17, 15) is 13.2 Å². The summed E-state index contributed by atoms with van der Waals surface area (Å²) in [5.41, 5.74) is 5.31. The van der Waals surface area contributed by atoms with Crippen molar-refractivity contribution in [1.29, 1.82) is 0 Å². The van der Waals surface area contributed by atoms with Crippen molar-refractivity contribution in [3.8, 4) is 10.4 Å². The van der Waals surface area contributed by atoms with Crippen LogP contribution in [0.5, 0.6) is 0 Å². The third-order valence-corrected chi connectivity index (χ3v) is 2.68. The smallest absolute Gasteiger partial charge is 0.195 e. The number of rotatable bonds is 1. The number of hydrogen-bond acceptors (Lipinski definition) is 3. The van der Waals surface area contributed by atoms with Crippen LogP contribution in [-0.2, 0) is 0 Å². The van der Waals surface area contributed by atoms with Gasteiger partial charge in [-0.2, -0.15) is 0 Å². The van der Waals surface area contributed by atoms with Crippen molar-refractivity contribution in [2.45, 2.75) is 0 Å². The van der Waals surface area contributed by atoms with Crippen LogP contribution >= 0.6 is 11.3 Å². The lowest BCUT2D eigenvalue weighted by Crippen LogP contribution is -1.92. The Kier molecular flexibility index (Phi) is 2.36. The van der Waals surface area contributed by atoms with E-state index < -0.39 is 17.5 Å². The maximum Gasteiger partial charge on any atom is 0.195 e. The van der Waals surface area contributed by atoms with E-state index >= 15 is 0 Å². The molecule has 78 valence electrons. The van der Waals surface area contributed by atoms with Crippen molar-refractivity contribution < 1.29 is 13.2 Å². The molecule has 15 heavy (non-hydrogen) atoms. The second-order valence-electron chi connectivity index (χ2n) is 2.79. The van der Waals surface area contributed by atoms with Crippen LogP contribution in [0.4, 0.5) is 18.3 Å². The van der Waals surface area contributed by atoms with Gasteiger partial charge >= 0.3 is 0 Å². The summed E-state index contributed by atoms with van der Waals surface area (Å²) in [6.45, 7) is 0. The van der Waals surface area contributed by atoms with Gasteiger partial charge in [0, 0.05) is 11.8 Å². The minimum atomic E-state index is -1.49. The number of benzene rings is 1. The predicted octanol–water partition coefficient (Wildman–Crippen LogP) is 2.81. The van der Waals surface area contributed by atoms with E-state index in [0.717, 1.165) is 23.5 Å². The highest BCUT2D eigenvalue weighted by Gasteiger charge is 2.15. The molecule has 2 N–H and O–H groups in total.